The summed E-state index contributed by atoms with van der Waals surface area (Å²) in [7, 11) is 0. The lowest BCUT2D eigenvalue weighted by Gasteiger charge is -2.43. The average molecular weight is 368 g/mol. The average Bonchev–Trinajstić information content (AvgIpc) is 2.53. The molecular formula is C21H37NO4. The van der Waals surface area contributed by atoms with E-state index in [2.05, 4.69) is 26.1 Å². The molecule has 1 saturated heterocycles. The third-order valence-electron chi connectivity index (χ3n) is 5.76. The van der Waals surface area contributed by atoms with E-state index in [0.29, 0.717) is 5.92 Å². The molecule has 1 aliphatic carbocycles. The summed E-state index contributed by atoms with van der Waals surface area (Å²) >= 11 is 0. The number of esters is 1. The normalized spacial score (nSPS) is 29.0. The summed E-state index contributed by atoms with van der Waals surface area (Å²) in [6, 6.07) is 0.125. The van der Waals surface area contributed by atoms with Crippen LogP contribution in [0.4, 0.5) is 0 Å². The summed E-state index contributed by atoms with van der Waals surface area (Å²) in [5, 5.41) is 3.08. The molecule has 0 radical (unpaired) electrons. The van der Waals surface area contributed by atoms with Crippen LogP contribution in [0, 0.1) is 11.3 Å². The first kappa shape index (κ1) is 21.2. The third kappa shape index (κ3) is 6.57. The van der Waals surface area contributed by atoms with E-state index in [1.54, 1.807) is 6.92 Å². The second-order valence-electron chi connectivity index (χ2n) is 9.26. The molecule has 4 atom stereocenters. The van der Waals surface area contributed by atoms with Gasteiger partial charge in [0, 0.05) is 26.3 Å². The molecule has 1 amide bonds. The molecule has 5 heteroatoms. The van der Waals surface area contributed by atoms with E-state index in [9.17, 15) is 9.59 Å². The SMILES string of the molecule is CC(=O)NC1C[C@@H](C[C@@H](OC(C)=O)C2CCCCC2)O[C@@H](C(C)(C)C)C1. The van der Waals surface area contributed by atoms with E-state index in [1.807, 2.05) is 0 Å². The number of hydrogen-bond acceptors (Lipinski definition) is 4. The standard InChI is InChI=1S/C21H37NO4/c1-14(23)22-17-11-18(26-20(12-17)21(3,4)5)13-19(25-15(2)24)16-9-7-6-8-10-16/h16-20H,6-13H2,1-5H3,(H,22,23)/t17?,18-,19+,20+/m0/s1. The molecule has 1 unspecified atom stereocenters. The smallest absolute Gasteiger partial charge is 0.302 e. The van der Waals surface area contributed by atoms with Crippen LogP contribution in [0.1, 0.15) is 86.0 Å². The van der Waals surface area contributed by atoms with E-state index in [0.717, 1.165) is 32.1 Å². The van der Waals surface area contributed by atoms with Gasteiger partial charge in [0.05, 0.1) is 12.2 Å². The van der Waals surface area contributed by atoms with Gasteiger partial charge in [0.1, 0.15) is 6.10 Å². The van der Waals surface area contributed by atoms with Gasteiger partial charge in [0.15, 0.2) is 0 Å². The van der Waals surface area contributed by atoms with Crippen molar-refractivity contribution in [1.29, 1.82) is 0 Å². The fourth-order valence-corrected chi connectivity index (χ4v) is 4.45. The van der Waals surface area contributed by atoms with E-state index in [1.165, 1.54) is 26.2 Å². The van der Waals surface area contributed by atoms with Crippen molar-refractivity contribution in [2.24, 2.45) is 11.3 Å². The minimum atomic E-state index is -0.206. The minimum Gasteiger partial charge on any atom is -0.462 e. The lowest BCUT2D eigenvalue weighted by molar-refractivity contribution is -0.158. The van der Waals surface area contributed by atoms with Crippen LogP contribution in [0.15, 0.2) is 0 Å². The van der Waals surface area contributed by atoms with Crippen molar-refractivity contribution in [2.75, 3.05) is 0 Å². The predicted octanol–water partition coefficient (Wildman–Crippen LogP) is 3.99. The molecule has 2 rings (SSSR count). The first-order chi connectivity index (χ1) is 12.1. The lowest BCUT2D eigenvalue weighted by Crippen LogP contribution is -2.49. The van der Waals surface area contributed by atoms with Crippen molar-refractivity contribution < 1.29 is 19.1 Å². The lowest BCUT2D eigenvalue weighted by atomic mass is 9.79. The van der Waals surface area contributed by atoms with Crippen molar-refractivity contribution in [2.45, 2.75) is 110 Å². The summed E-state index contributed by atoms with van der Waals surface area (Å²) in [5.41, 5.74) is 0.0111. The Bertz CT molecular complexity index is 479. The zero-order valence-electron chi connectivity index (χ0n) is 17.2. The molecule has 0 aromatic rings. The second-order valence-corrected chi connectivity index (χ2v) is 9.26. The molecule has 26 heavy (non-hydrogen) atoms. The molecule has 5 nitrogen and oxygen atoms in total. The Labute approximate surface area is 158 Å². The Kier molecular flexibility index (Phi) is 7.51. The van der Waals surface area contributed by atoms with Gasteiger partial charge in [-0.1, -0.05) is 40.0 Å². The van der Waals surface area contributed by atoms with Crippen molar-refractivity contribution in [1.82, 2.24) is 5.32 Å². The van der Waals surface area contributed by atoms with Gasteiger partial charge in [-0.2, -0.15) is 0 Å². The Balaban J connectivity index is 2.08. The van der Waals surface area contributed by atoms with Gasteiger partial charge in [0.25, 0.3) is 0 Å². The van der Waals surface area contributed by atoms with Crippen molar-refractivity contribution in [3.8, 4) is 0 Å². The maximum absolute atomic E-state index is 11.7. The van der Waals surface area contributed by atoms with Crippen LogP contribution in [0.3, 0.4) is 0 Å². The summed E-state index contributed by atoms with van der Waals surface area (Å²) in [5.74, 6) is 0.236. The van der Waals surface area contributed by atoms with Gasteiger partial charge >= 0.3 is 5.97 Å². The first-order valence-electron chi connectivity index (χ1n) is 10.2. The summed E-state index contributed by atoms with van der Waals surface area (Å²) in [4.78, 5) is 23.2. The molecule has 150 valence electrons. The Hall–Kier alpha value is -1.10. The minimum absolute atomic E-state index is 0.00660. The number of ether oxygens (including phenoxy) is 2. The number of carbonyl (C=O) groups is 2. The monoisotopic (exact) mass is 367 g/mol. The topological polar surface area (TPSA) is 64.6 Å². The zero-order chi connectivity index (χ0) is 19.3. The Morgan fingerprint density at radius 2 is 1.77 bits per heavy atom. The maximum atomic E-state index is 11.7. The number of carbonyl (C=O) groups excluding carboxylic acids is 2. The maximum Gasteiger partial charge on any atom is 0.302 e. The Morgan fingerprint density at radius 3 is 2.31 bits per heavy atom. The van der Waals surface area contributed by atoms with E-state index in [-0.39, 0.29) is 41.6 Å². The highest BCUT2D eigenvalue weighted by atomic mass is 16.5. The molecule has 0 bridgehead atoms. The first-order valence-corrected chi connectivity index (χ1v) is 10.2. The molecule has 2 aliphatic rings. The summed E-state index contributed by atoms with van der Waals surface area (Å²) < 4.78 is 12.1. The molecule has 0 aromatic heterocycles. The van der Waals surface area contributed by atoms with Gasteiger partial charge in [0.2, 0.25) is 5.91 Å². The van der Waals surface area contributed by atoms with E-state index < -0.39 is 0 Å². The molecule has 1 aliphatic heterocycles. The largest absolute Gasteiger partial charge is 0.462 e. The predicted molar refractivity (Wildman–Crippen MR) is 102 cm³/mol. The quantitative estimate of drug-likeness (QED) is 0.746. The molecule has 1 saturated carbocycles. The fourth-order valence-electron chi connectivity index (χ4n) is 4.45. The zero-order valence-corrected chi connectivity index (χ0v) is 17.2. The van der Waals surface area contributed by atoms with Crippen LogP contribution < -0.4 is 5.32 Å². The van der Waals surface area contributed by atoms with Crippen molar-refractivity contribution in [3.05, 3.63) is 0 Å². The molecule has 0 aromatic carbocycles. The van der Waals surface area contributed by atoms with Crippen LogP contribution >= 0.6 is 0 Å². The van der Waals surface area contributed by atoms with Crippen LogP contribution in [0.5, 0.6) is 0 Å². The van der Waals surface area contributed by atoms with Crippen LogP contribution in [-0.4, -0.2) is 36.2 Å². The van der Waals surface area contributed by atoms with Crippen molar-refractivity contribution in [3.63, 3.8) is 0 Å². The van der Waals surface area contributed by atoms with Gasteiger partial charge in [-0.05, 0) is 37.0 Å². The van der Waals surface area contributed by atoms with E-state index >= 15 is 0 Å². The second kappa shape index (κ2) is 9.20. The number of nitrogens with one attached hydrogen (secondary N) is 1. The van der Waals surface area contributed by atoms with Crippen molar-refractivity contribution >= 4 is 11.9 Å². The van der Waals surface area contributed by atoms with E-state index in [4.69, 9.17) is 9.47 Å². The molecule has 1 N–H and O–H groups in total. The van der Waals surface area contributed by atoms with Gasteiger partial charge in [-0.3, -0.25) is 9.59 Å². The van der Waals surface area contributed by atoms with Crippen LogP contribution in [-0.2, 0) is 19.1 Å². The number of rotatable bonds is 5. The third-order valence-corrected chi connectivity index (χ3v) is 5.76. The van der Waals surface area contributed by atoms with Crippen LogP contribution in [0.2, 0.25) is 0 Å². The summed E-state index contributed by atoms with van der Waals surface area (Å²) in [6.45, 7) is 9.59. The van der Waals surface area contributed by atoms with Gasteiger partial charge in [-0.25, -0.2) is 0 Å². The molecule has 1 heterocycles. The molecular weight excluding hydrogens is 330 g/mol. The highest BCUT2D eigenvalue weighted by molar-refractivity contribution is 5.73. The van der Waals surface area contributed by atoms with Crippen LogP contribution in [0.25, 0.3) is 0 Å². The fraction of sp³-hybridized carbons (Fsp3) is 0.905. The molecule has 0 spiro atoms. The van der Waals surface area contributed by atoms with Gasteiger partial charge < -0.3 is 14.8 Å². The number of amides is 1. The Morgan fingerprint density at radius 1 is 1.12 bits per heavy atom. The highest BCUT2D eigenvalue weighted by Crippen LogP contribution is 2.36. The summed E-state index contributed by atoms with van der Waals surface area (Å²) in [6.07, 6.45) is 8.34. The highest BCUT2D eigenvalue weighted by Gasteiger charge is 2.39. The molecule has 2 fully saturated rings. The van der Waals surface area contributed by atoms with Gasteiger partial charge in [-0.15, -0.1) is 0 Å². The number of hydrogen-bond donors (Lipinski definition) is 1.